The van der Waals surface area contributed by atoms with Crippen molar-refractivity contribution in [1.29, 1.82) is 0 Å². The van der Waals surface area contributed by atoms with Crippen LogP contribution in [-0.4, -0.2) is 10.0 Å². The number of aliphatic hydroxyl groups excluding tert-OH is 1. The van der Waals surface area contributed by atoms with Crippen molar-refractivity contribution >= 4 is 5.69 Å². The second-order valence-corrected chi connectivity index (χ2v) is 2.56. The molecule has 0 aromatic carbocycles. The molecule has 0 unspecified atom stereocenters. The Hall–Kier alpha value is -1.69. The standard InChI is InChI=1S/C7H8N2O4/c1-5-2-6(9(12)13)3-7(4-10)8(5)11/h2-3,10H,4H2,1H3. The normalized spacial score (nSPS) is 10.0. The SMILES string of the molecule is Cc1cc([N+](=O)[O-])cc(CO)[n+]1[O-]. The Labute approximate surface area is 73.8 Å². The van der Waals surface area contributed by atoms with Crippen LogP contribution < -0.4 is 4.73 Å². The topological polar surface area (TPSA) is 90.3 Å². The highest BCUT2D eigenvalue weighted by Crippen LogP contribution is 2.12. The molecule has 0 spiro atoms. The lowest BCUT2D eigenvalue weighted by atomic mass is 10.3. The average Bonchev–Trinajstić information content (AvgIpc) is 2.09. The molecule has 1 aromatic heterocycles. The summed E-state index contributed by atoms with van der Waals surface area (Å²) in [6.07, 6.45) is 0. The highest BCUT2D eigenvalue weighted by atomic mass is 16.6. The van der Waals surface area contributed by atoms with E-state index >= 15 is 0 Å². The first-order valence-electron chi connectivity index (χ1n) is 3.54. The van der Waals surface area contributed by atoms with Crippen LogP contribution in [0.5, 0.6) is 0 Å². The van der Waals surface area contributed by atoms with Crippen LogP contribution in [0.1, 0.15) is 11.4 Å². The summed E-state index contributed by atoms with van der Waals surface area (Å²) in [5, 5.41) is 30.2. The summed E-state index contributed by atoms with van der Waals surface area (Å²) in [6, 6.07) is 2.21. The fourth-order valence-electron chi connectivity index (χ4n) is 0.985. The van der Waals surface area contributed by atoms with Gasteiger partial charge in [-0.2, -0.15) is 4.73 Å². The van der Waals surface area contributed by atoms with Gasteiger partial charge in [-0.05, 0) is 0 Å². The van der Waals surface area contributed by atoms with Crippen LogP contribution in [0, 0.1) is 22.2 Å². The van der Waals surface area contributed by atoms with E-state index in [-0.39, 0.29) is 17.1 Å². The van der Waals surface area contributed by atoms with Gasteiger partial charge in [0.25, 0.3) is 5.69 Å². The first-order chi connectivity index (χ1) is 6.06. The molecule has 6 nitrogen and oxygen atoms in total. The summed E-state index contributed by atoms with van der Waals surface area (Å²) in [6.45, 7) is 0.936. The largest absolute Gasteiger partial charge is 0.618 e. The molecule has 70 valence electrons. The number of nitrogens with zero attached hydrogens (tertiary/aromatic N) is 2. The number of hydrogen-bond acceptors (Lipinski definition) is 4. The molecule has 0 amide bonds. The Kier molecular flexibility index (Phi) is 2.43. The maximum atomic E-state index is 11.1. The van der Waals surface area contributed by atoms with Crippen LogP contribution in [-0.2, 0) is 6.61 Å². The molecule has 0 fully saturated rings. The Morgan fingerprint density at radius 1 is 1.62 bits per heavy atom. The van der Waals surface area contributed by atoms with E-state index in [4.69, 9.17) is 5.11 Å². The zero-order valence-electron chi connectivity index (χ0n) is 6.93. The Bertz CT molecular complexity index is 351. The number of aryl methyl sites for hydroxylation is 1. The maximum Gasteiger partial charge on any atom is 0.282 e. The van der Waals surface area contributed by atoms with E-state index in [9.17, 15) is 15.3 Å². The number of hydrogen-bond donors (Lipinski definition) is 1. The number of rotatable bonds is 2. The smallest absolute Gasteiger partial charge is 0.282 e. The molecule has 0 aliphatic heterocycles. The lowest BCUT2D eigenvalue weighted by Crippen LogP contribution is -2.35. The van der Waals surface area contributed by atoms with Gasteiger partial charge >= 0.3 is 0 Å². The number of aromatic nitrogens is 1. The van der Waals surface area contributed by atoms with Gasteiger partial charge in [-0.3, -0.25) is 10.1 Å². The van der Waals surface area contributed by atoms with E-state index < -0.39 is 11.5 Å². The van der Waals surface area contributed by atoms with Gasteiger partial charge in [-0.1, -0.05) is 0 Å². The first kappa shape index (κ1) is 9.40. The number of pyridine rings is 1. The fourth-order valence-corrected chi connectivity index (χ4v) is 0.985. The minimum atomic E-state index is -0.605. The van der Waals surface area contributed by atoms with E-state index in [2.05, 4.69) is 0 Å². The third-order valence-corrected chi connectivity index (χ3v) is 1.63. The lowest BCUT2D eigenvalue weighted by molar-refractivity contribution is -0.623. The minimum Gasteiger partial charge on any atom is -0.618 e. The van der Waals surface area contributed by atoms with Gasteiger partial charge in [0.15, 0.2) is 5.69 Å². The summed E-state index contributed by atoms with van der Waals surface area (Å²) >= 11 is 0. The highest BCUT2D eigenvalue weighted by molar-refractivity contribution is 5.29. The van der Waals surface area contributed by atoms with Gasteiger partial charge in [0.2, 0.25) is 5.69 Å². The molecule has 1 N–H and O–H groups in total. The van der Waals surface area contributed by atoms with Crippen LogP contribution in [0.2, 0.25) is 0 Å². The van der Waals surface area contributed by atoms with Crippen molar-refractivity contribution in [3.8, 4) is 0 Å². The predicted octanol–water partition coefficient (Wildman–Crippen LogP) is 0.0289. The zero-order valence-corrected chi connectivity index (χ0v) is 6.93. The summed E-state index contributed by atoms with van der Waals surface area (Å²) in [5.41, 5.74) is -0.0152. The van der Waals surface area contributed by atoms with E-state index in [0.29, 0.717) is 4.73 Å². The number of aliphatic hydroxyl groups is 1. The third-order valence-electron chi connectivity index (χ3n) is 1.63. The van der Waals surface area contributed by atoms with Gasteiger partial charge in [-0.15, -0.1) is 0 Å². The number of nitro groups is 1. The highest BCUT2D eigenvalue weighted by Gasteiger charge is 2.16. The molecule has 0 bridgehead atoms. The second kappa shape index (κ2) is 3.36. The second-order valence-electron chi connectivity index (χ2n) is 2.56. The van der Waals surface area contributed by atoms with Gasteiger partial charge in [0, 0.05) is 6.92 Å². The Morgan fingerprint density at radius 3 is 2.69 bits per heavy atom. The van der Waals surface area contributed by atoms with Crippen molar-refractivity contribution in [2.24, 2.45) is 0 Å². The minimum absolute atomic E-state index is 0.0216. The van der Waals surface area contributed by atoms with E-state index in [1.165, 1.54) is 6.92 Å². The predicted molar refractivity (Wildman–Crippen MR) is 42.7 cm³/mol. The summed E-state index contributed by atoms with van der Waals surface area (Å²) < 4.78 is 0.465. The molecule has 1 aromatic rings. The molecule has 0 saturated heterocycles. The van der Waals surface area contributed by atoms with Crippen molar-refractivity contribution in [1.82, 2.24) is 0 Å². The first-order valence-corrected chi connectivity index (χ1v) is 3.54. The molecule has 13 heavy (non-hydrogen) atoms. The Balaban J connectivity index is 3.30. The molecule has 1 rings (SSSR count). The third kappa shape index (κ3) is 1.73. The fraction of sp³-hybridized carbons (Fsp3) is 0.286. The lowest BCUT2D eigenvalue weighted by Gasteiger charge is -2.04. The van der Waals surface area contributed by atoms with Crippen molar-refractivity contribution in [2.75, 3.05) is 0 Å². The molecular formula is C7H8N2O4. The van der Waals surface area contributed by atoms with Crippen LogP contribution in [0.3, 0.4) is 0 Å². The average molecular weight is 184 g/mol. The van der Waals surface area contributed by atoms with Crippen molar-refractivity contribution < 1.29 is 14.8 Å². The van der Waals surface area contributed by atoms with E-state index in [1.54, 1.807) is 0 Å². The summed E-state index contributed by atoms with van der Waals surface area (Å²) in [4.78, 5) is 9.74. The molecule has 0 atom stereocenters. The molecule has 1 heterocycles. The van der Waals surface area contributed by atoms with Gasteiger partial charge < -0.3 is 10.3 Å². The van der Waals surface area contributed by atoms with Crippen molar-refractivity contribution in [3.05, 3.63) is 38.8 Å². The maximum absolute atomic E-state index is 11.1. The van der Waals surface area contributed by atoms with E-state index in [0.717, 1.165) is 12.1 Å². The van der Waals surface area contributed by atoms with E-state index in [1.807, 2.05) is 0 Å². The monoisotopic (exact) mass is 184 g/mol. The van der Waals surface area contributed by atoms with Crippen LogP contribution in [0.15, 0.2) is 12.1 Å². The van der Waals surface area contributed by atoms with Gasteiger partial charge in [0.1, 0.15) is 6.61 Å². The molecular weight excluding hydrogens is 176 g/mol. The quantitative estimate of drug-likeness (QED) is 0.304. The molecule has 0 radical (unpaired) electrons. The summed E-state index contributed by atoms with van der Waals surface area (Å²) in [7, 11) is 0. The summed E-state index contributed by atoms with van der Waals surface area (Å²) in [5.74, 6) is 0. The van der Waals surface area contributed by atoms with Gasteiger partial charge in [0.05, 0.1) is 17.1 Å². The molecule has 6 heteroatoms. The molecule has 0 saturated carbocycles. The van der Waals surface area contributed by atoms with Crippen molar-refractivity contribution in [3.63, 3.8) is 0 Å². The van der Waals surface area contributed by atoms with Crippen molar-refractivity contribution in [2.45, 2.75) is 13.5 Å². The zero-order chi connectivity index (χ0) is 10.0. The molecule has 0 aliphatic rings. The molecule has 0 aliphatic carbocycles. The van der Waals surface area contributed by atoms with Crippen LogP contribution in [0.4, 0.5) is 5.69 Å². The van der Waals surface area contributed by atoms with Crippen LogP contribution in [0.25, 0.3) is 0 Å². The van der Waals surface area contributed by atoms with Crippen LogP contribution >= 0.6 is 0 Å². The Morgan fingerprint density at radius 2 is 2.23 bits per heavy atom. The van der Waals surface area contributed by atoms with Gasteiger partial charge in [-0.25, -0.2) is 0 Å².